The molecule has 28 heavy (non-hydrogen) atoms. The summed E-state index contributed by atoms with van der Waals surface area (Å²) in [6, 6.07) is 0. The fourth-order valence-electron chi connectivity index (χ4n) is 8.08. The highest BCUT2D eigenvalue weighted by molar-refractivity contribution is 5.92. The van der Waals surface area contributed by atoms with Gasteiger partial charge in [0.2, 0.25) is 0 Å². The smallest absolute Gasteiger partial charge is 0.327 e. The molecule has 4 nitrogen and oxygen atoms in total. The summed E-state index contributed by atoms with van der Waals surface area (Å²) in [5.41, 5.74) is 1.69. The van der Waals surface area contributed by atoms with Gasteiger partial charge in [0, 0.05) is 12.5 Å². The number of aliphatic carboxylic acids is 1. The molecule has 0 aromatic rings. The predicted octanol–water partition coefficient (Wildman–Crippen LogP) is 4.40. The predicted molar refractivity (Wildman–Crippen MR) is 106 cm³/mol. The Morgan fingerprint density at radius 1 is 1.25 bits per heavy atom. The molecule has 0 radical (unpaired) electrons. The number of hydrogen-bond donors (Lipinski definition) is 1. The second kappa shape index (κ2) is 6.04. The van der Waals surface area contributed by atoms with E-state index >= 15 is 0 Å². The van der Waals surface area contributed by atoms with Crippen LogP contribution in [0.15, 0.2) is 23.8 Å². The number of hydrogen-bond acceptors (Lipinski definition) is 3. The summed E-state index contributed by atoms with van der Waals surface area (Å²) in [5.74, 6) is 2.14. The molecule has 3 saturated carbocycles. The van der Waals surface area contributed by atoms with Crippen LogP contribution >= 0.6 is 0 Å². The van der Waals surface area contributed by atoms with Crippen LogP contribution in [0.25, 0.3) is 0 Å². The number of carbonyl (C=O) groups excluding carboxylic acids is 1. The monoisotopic (exact) mass is 384 g/mol. The van der Waals surface area contributed by atoms with Crippen LogP contribution in [0.2, 0.25) is 0 Å². The van der Waals surface area contributed by atoms with Crippen LogP contribution in [-0.2, 0) is 14.3 Å². The standard InChI is InChI=1S/C24H32O4/c1-13(4-7-19(26)27)15-5-6-16-20-17(9-11-23(15,16)2)24(3)10-8-14(25)12-18(24)21-22(20)28-21/h4,7,12-13,15-17,20-22H,5-6,8-11H2,1-3H3,(H,26,27)/b7-4+/t13-,15-,16+,17+,20+,21-,22+,23-,24-/m1/s1. The van der Waals surface area contributed by atoms with Gasteiger partial charge in [0.05, 0.1) is 6.10 Å². The number of fused-ring (bicyclic) bond motifs is 8. The van der Waals surface area contributed by atoms with E-state index in [0.717, 1.165) is 6.42 Å². The van der Waals surface area contributed by atoms with Gasteiger partial charge in [0.15, 0.2) is 5.78 Å². The average Bonchev–Trinajstić information content (AvgIpc) is 3.35. The van der Waals surface area contributed by atoms with E-state index in [1.165, 1.54) is 37.3 Å². The largest absolute Gasteiger partial charge is 0.478 e. The summed E-state index contributed by atoms with van der Waals surface area (Å²) in [7, 11) is 0. The van der Waals surface area contributed by atoms with Crippen LogP contribution in [-0.4, -0.2) is 29.1 Å². The summed E-state index contributed by atoms with van der Waals surface area (Å²) >= 11 is 0. The normalized spacial score (nSPS) is 50.2. The van der Waals surface area contributed by atoms with E-state index in [9.17, 15) is 9.59 Å². The van der Waals surface area contributed by atoms with Gasteiger partial charge in [-0.25, -0.2) is 4.79 Å². The van der Waals surface area contributed by atoms with Crippen molar-refractivity contribution in [2.45, 2.75) is 71.5 Å². The van der Waals surface area contributed by atoms with Crippen molar-refractivity contribution < 1.29 is 19.4 Å². The number of ether oxygens (including phenoxy) is 1. The number of rotatable bonds is 3. The maximum atomic E-state index is 12.1. The molecular formula is C24H32O4. The topological polar surface area (TPSA) is 66.9 Å². The fraction of sp³-hybridized carbons (Fsp3) is 0.750. The zero-order valence-electron chi connectivity index (χ0n) is 17.2. The van der Waals surface area contributed by atoms with E-state index in [2.05, 4.69) is 20.8 Å². The van der Waals surface area contributed by atoms with Crippen molar-refractivity contribution >= 4 is 11.8 Å². The number of epoxide rings is 1. The first-order chi connectivity index (χ1) is 13.3. The number of carboxylic acids is 1. The molecule has 152 valence electrons. The summed E-state index contributed by atoms with van der Waals surface area (Å²) < 4.78 is 6.25. The Labute approximate surface area is 167 Å². The van der Waals surface area contributed by atoms with Gasteiger partial charge in [0.25, 0.3) is 0 Å². The molecule has 9 atom stereocenters. The Kier molecular flexibility index (Phi) is 4.01. The quantitative estimate of drug-likeness (QED) is 0.578. The Morgan fingerprint density at radius 2 is 2.04 bits per heavy atom. The van der Waals surface area contributed by atoms with Gasteiger partial charge in [-0.1, -0.05) is 26.8 Å². The van der Waals surface area contributed by atoms with Crippen molar-refractivity contribution in [3.8, 4) is 0 Å². The lowest BCUT2D eigenvalue weighted by molar-refractivity contribution is -0.131. The van der Waals surface area contributed by atoms with E-state index in [-0.39, 0.29) is 22.7 Å². The third kappa shape index (κ3) is 2.46. The fourth-order valence-corrected chi connectivity index (χ4v) is 8.08. The average molecular weight is 385 g/mol. The molecule has 0 aromatic carbocycles. The van der Waals surface area contributed by atoms with Crippen molar-refractivity contribution in [1.29, 1.82) is 0 Å². The minimum Gasteiger partial charge on any atom is -0.478 e. The summed E-state index contributed by atoms with van der Waals surface area (Å²) in [6.07, 6.45) is 12.1. The first kappa shape index (κ1) is 18.6. The minimum absolute atomic E-state index is 0.129. The van der Waals surface area contributed by atoms with Crippen LogP contribution in [0.4, 0.5) is 0 Å². The van der Waals surface area contributed by atoms with E-state index < -0.39 is 5.97 Å². The summed E-state index contributed by atoms with van der Waals surface area (Å²) in [4.78, 5) is 23.0. The number of ketones is 1. The Balaban J connectivity index is 1.45. The molecule has 1 aliphatic heterocycles. The van der Waals surface area contributed by atoms with E-state index in [4.69, 9.17) is 9.84 Å². The second-order valence-corrected chi connectivity index (χ2v) is 10.6. The van der Waals surface area contributed by atoms with Crippen molar-refractivity contribution in [1.82, 2.24) is 0 Å². The van der Waals surface area contributed by atoms with Crippen LogP contribution in [0.1, 0.15) is 59.3 Å². The van der Waals surface area contributed by atoms with Crippen molar-refractivity contribution in [3.63, 3.8) is 0 Å². The van der Waals surface area contributed by atoms with Crippen molar-refractivity contribution in [3.05, 3.63) is 23.8 Å². The minimum atomic E-state index is -0.851. The third-order valence-corrected chi connectivity index (χ3v) is 9.48. The number of carboxylic acid groups (broad SMARTS) is 1. The Bertz CT molecular complexity index is 781. The van der Waals surface area contributed by atoms with E-state index in [1.807, 2.05) is 12.2 Å². The second-order valence-electron chi connectivity index (χ2n) is 10.6. The van der Waals surface area contributed by atoms with Crippen LogP contribution < -0.4 is 0 Å². The Morgan fingerprint density at radius 3 is 2.79 bits per heavy atom. The lowest BCUT2D eigenvalue weighted by atomic mass is 9.46. The molecule has 5 rings (SSSR count). The number of carbonyl (C=O) groups is 2. The molecule has 4 aliphatic carbocycles. The molecule has 1 N–H and O–H groups in total. The first-order valence-corrected chi connectivity index (χ1v) is 11.1. The molecule has 5 aliphatic rings. The Hall–Kier alpha value is -1.42. The molecule has 4 heteroatoms. The molecule has 0 spiro atoms. The highest BCUT2D eigenvalue weighted by Crippen LogP contribution is 2.70. The highest BCUT2D eigenvalue weighted by atomic mass is 16.6. The molecule has 1 heterocycles. The maximum absolute atomic E-state index is 12.1. The van der Waals surface area contributed by atoms with Crippen molar-refractivity contribution in [2.75, 3.05) is 0 Å². The SMILES string of the molecule is C[C@H](/C=C/C(=O)O)[C@H]1CC[C@H]2[C@@H]3[C@@H]4O[C@@H]4C4=CC(=O)CC[C@]4(C)[C@H]3CC[C@]12C. The molecule has 4 fully saturated rings. The lowest BCUT2D eigenvalue weighted by Gasteiger charge is -2.57. The van der Waals surface area contributed by atoms with Crippen LogP contribution in [0, 0.1) is 40.4 Å². The summed E-state index contributed by atoms with van der Waals surface area (Å²) in [6.45, 7) is 7.05. The van der Waals surface area contributed by atoms with E-state index in [0.29, 0.717) is 42.1 Å². The van der Waals surface area contributed by atoms with Gasteiger partial charge in [-0.2, -0.15) is 0 Å². The third-order valence-electron chi connectivity index (χ3n) is 9.48. The molecule has 0 aromatic heterocycles. The lowest BCUT2D eigenvalue weighted by Crippen LogP contribution is -2.53. The first-order valence-electron chi connectivity index (χ1n) is 11.1. The molecule has 0 amide bonds. The van der Waals surface area contributed by atoms with Gasteiger partial charge in [-0.3, -0.25) is 4.79 Å². The zero-order valence-corrected chi connectivity index (χ0v) is 17.2. The molecule has 1 saturated heterocycles. The molecule has 0 bridgehead atoms. The van der Waals surface area contributed by atoms with Gasteiger partial charge < -0.3 is 9.84 Å². The van der Waals surface area contributed by atoms with Gasteiger partial charge in [-0.05, 0) is 84.2 Å². The van der Waals surface area contributed by atoms with E-state index in [1.54, 1.807) is 0 Å². The summed E-state index contributed by atoms with van der Waals surface area (Å²) in [5, 5.41) is 9.02. The zero-order chi connectivity index (χ0) is 19.8. The van der Waals surface area contributed by atoms with Gasteiger partial charge >= 0.3 is 5.97 Å². The van der Waals surface area contributed by atoms with Crippen molar-refractivity contribution in [2.24, 2.45) is 40.4 Å². The molecular weight excluding hydrogens is 352 g/mol. The maximum Gasteiger partial charge on any atom is 0.327 e. The van der Waals surface area contributed by atoms with Crippen LogP contribution in [0.3, 0.4) is 0 Å². The molecule has 0 unspecified atom stereocenters. The van der Waals surface area contributed by atoms with Crippen LogP contribution in [0.5, 0.6) is 0 Å². The van der Waals surface area contributed by atoms with Gasteiger partial charge in [-0.15, -0.1) is 0 Å². The number of allylic oxidation sites excluding steroid dienone is 1. The highest BCUT2D eigenvalue weighted by Gasteiger charge is 2.69. The van der Waals surface area contributed by atoms with Gasteiger partial charge in [0.1, 0.15) is 6.10 Å².